The molecule has 0 unspecified atom stereocenters. The van der Waals surface area contributed by atoms with Crippen LogP contribution >= 0.6 is 0 Å². The van der Waals surface area contributed by atoms with E-state index in [-0.39, 0.29) is 12.4 Å². The number of ether oxygens (including phenoxy) is 1. The third-order valence-corrected chi connectivity index (χ3v) is 4.15. The van der Waals surface area contributed by atoms with E-state index in [1.54, 1.807) is 38.1 Å². The standard InChI is InChI=1S/C18H17F3N4O2/c1-11-7-8-16(14(9-11)18(19,20)21)27-10-13-12(2)5-4-6-15(13)25-17(26)24(3)22-23-25/h4-9H,10H2,1-3H3. The molecular weight excluding hydrogens is 361 g/mol. The fraction of sp³-hybridized carbons (Fsp3) is 0.278. The van der Waals surface area contributed by atoms with Crippen LogP contribution in [0.1, 0.15) is 22.3 Å². The highest BCUT2D eigenvalue weighted by molar-refractivity contribution is 5.45. The lowest BCUT2D eigenvalue weighted by atomic mass is 10.1. The van der Waals surface area contributed by atoms with Crippen molar-refractivity contribution in [2.75, 3.05) is 0 Å². The molecule has 3 aromatic rings. The fourth-order valence-corrected chi connectivity index (χ4v) is 2.68. The van der Waals surface area contributed by atoms with E-state index >= 15 is 0 Å². The van der Waals surface area contributed by atoms with Crippen molar-refractivity contribution in [2.45, 2.75) is 26.6 Å². The monoisotopic (exact) mass is 378 g/mol. The summed E-state index contributed by atoms with van der Waals surface area (Å²) in [6, 6.07) is 9.04. The van der Waals surface area contributed by atoms with Crippen molar-refractivity contribution in [3.63, 3.8) is 0 Å². The quantitative estimate of drug-likeness (QED) is 0.700. The largest absolute Gasteiger partial charge is 0.488 e. The van der Waals surface area contributed by atoms with Gasteiger partial charge in [0.25, 0.3) is 0 Å². The molecule has 0 amide bonds. The predicted molar refractivity (Wildman–Crippen MR) is 91.9 cm³/mol. The first-order valence-corrected chi connectivity index (χ1v) is 8.07. The number of aryl methyl sites for hydroxylation is 3. The van der Waals surface area contributed by atoms with Gasteiger partial charge in [-0.1, -0.05) is 23.8 Å². The highest BCUT2D eigenvalue weighted by atomic mass is 19.4. The second-order valence-corrected chi connectivity index (χ2v) is 6.16. The van der Waals surface area contributed by atoms with Gasteiger partial charge < -0.3 is 4.74 Å². The van der Waals surface area contributed by atoms with Crippen LogP contribution < -0.4 is 10.4 Å². The minimum absolute atomic E-state index is 0.156. The Hall–Kier alpha value is -3.10. The second kappa shape index (κ2) is 6.90. The summed E-state index contributed by atoms with van der Waals surface area (Å²) in [6.45, 7) is 3.21. The van der Waals surface area contributed by atoms with Crippen molar-refractivity contribution in [1.29, 1.82) is 0 Å². The molecule has 0 bridgehead atoms. The second-order valence-electron chi connectivity index (χ2n) is 6.16. The zero-order valence-electron chi connectivity index (χ0n) is 14.9. The Morgan fingerprint density at radius 2 is 1.85 bits per heavy atom. The average Bonchev–Trinajstić information content (AvgIpc) is 2.93. The van der Waals surface area contributed by atoms with Crippen molar-refractivity contribution in [2.24, 2.45) is 7.05 Å². The summed E-state index contributed by atoms with van der Waals surface area (Å²) in [7, 11) is 1.46. The van der Waals surface area contributed by atoms with Gasteiger partial charge in [-0.25, -0.2) is 4.79 Å². The summed E-state index contributed by atoms with van der Waals surface area (Å²) in [6.07, 6.45) is -4.53. The number of benzene rings is 2. The summed E-state index contributed by atoms with van der Waals surface area (Å²) in [4.78, 5) is 12.1. The van der Waals surface area contributed by atoms with Gasteiger partial charge in [-0.15, -0.1) is 0 Å². The highest BCUT2D eigenvalue weighted by Gasteiger charge is 2.34. The Morgan fingerprint density at radius 3 is 2.48 bits per heavy atom. The predicted octanol–water partition coefficient (Wildman–Crippen LogP) is 3.18. The average molecular weight is 378 g/mol. The van der Waals surface area contributed by atoms with Gasteiger partial charge in [0.1, 0.15) is 12.4 Å². The molecule has 0 saturated carbocycles. The van der Waals surface area contributed by atoms with Gasteiger partial charge in [0.2, 0.25) is 0 Å². The lowest BCUT2D eigenvalue weighted by Gasteiger charge is -2.17. The molecule has 0 fully saturated rings. The molecule has 3 rings (SSSR count). The van der Waals surface area contributed by atoms with E-state index in [0.29, 0.717) is 16.8 Å². The lowest BCUT2D eigenvalue weighted by molar-refractivity contribution is -0.139. The first-order valence-electron chi connectivity index (χ1n) is 8.07. The van der Waals surface area contributed by atoms with Gasteiger partial charge in [-0.05, 0) is 48.0 Å². The van der Waals surface area contributed by atoms with E-state index < -0.39 is 17.4 Å². The van der Waals surface area contributed by atoms with E-state index in [2.05, 4.69) is 10.4 Å². The van der Waals surface area contributed by atoms with Gasteiger partial charge in [0.15, 0.2) is 0 Å². The summed E-state index contributed by atoms with van der Waals surface area (Å²) in [5.41, 5.74) is 0.896. The van der Waals surface area contributed by atoms with Crippen LogP contribution in [0.15, 0.2) is 41.2 Å². The minimum Gasteiger partial charge on any atom is -0.488 e. The van der Waals surface area contributed by atoms with Crippen LogP contribution in [0.5, 0.6) is 5.75 Å². The molecule has 1 aromatic heterocycles. The summed E-state index contributed by atoms with van der Waals surface area (Å²) in [5.74, 6) is -0.270. The lowest BCUT2D eigenvalue weighted by Crippen LogP contribution is -2.23. The zero-order chi connectivity index (χ0) is 19.8. The van der Waals surface area contributed by atoms with Crippen LogP contribution in [-0.4, -0.2) is 19.8 Å². The summed E-state index contributed by atoms with van der Waals surface area (Å²) in [5, 5.41) is 7.46. The smallest absolute Gasteiger partial charge is 0.419 e. The first kappa shape index (κ1) is 18.7. The Labute approximate surface area is 152 Å². The van der Waals surface area contributed by atoms with Crippen molar-refractivity contribution in [1.82, 2.24) is 19.8 Å². The molecule has 9 heteroatoms. The Kier molecular flexibility index (Phi) is 4.77. The molecule has 0 saturated heterocycles. The number of tetrazole rings is 1. The number of halogens is 3. The SMILES string of the molecule is Cc1ccc(OCc2c(C)cccc2-n2nnn(C)c2=O)c(C(F)(F)F)c1. The van der Waals surface area contributed by atoms with Crippen molar-refractivity contribution >= 4 is 0 Å². The molecule has 0 aliphatic rings. The van der Waals surface area contributed by atoms with Gasteiger partial charge in [-0.3, -0.25) is 0 Å². The van der Waals surface area contributed by atoms with E-state index in [0.717, 1.165) is 21.0 Å². The number of rotatable bonds is 4. The number of aromatic nitrogens is 4. The molecule has 1 heterocycles. The molecular formula is C18H17F3N4O2. The first-order chi connectivity index (χ1) is 12.7. The van der Waals surface area contributed by atoms with Crippen LogP contribution in [0.4, 0.5) is 13.2 Å². The molecule has 2 aromatic carbocycles. The van der Waals surface area contributed by atoms with E-state index in [4.69, 9.17) is 4.74 Å². The van der Waals surface area contributed by atoms with Crippen LogP contribution in [0.2, 0.25) is 0 Å². The number of hydrogen-bond donors (Lipinski definition) is 0. The molecule has 0 radical (unpaired) electrons. The number of nitrogens with zero attached hydrogens (tertiary/aromatic N) is 4. The molecule has 27 heavy (non-hydrogen) atoms. The third kappa shape index (κ3) is 3.71. The molecule has 6 nitrogen and oxygen atoms in total. The highest BCUT2D eigenvalue weighted by Crippen LogP contribution is 2.37. The molecule has 0 aliphatic carbocycles. The summed E-state index contributed by atoms with van der Waals surface area (Å²) >= 11 is 0. The van der Waals surface area contributed by atoms with Crippen LogP contribution in [-0.2, 0) is 19.8 Å². The normalized spacial score (nSPS) is 11.6. The van der Waals surface area contributed by atoms with Crippen molar-refractivity contribution < 1.29 is 17.9 Å². The molecule has 0 aliphatic heterocycles. The molecule has 0 spiro atoms. The van der Waals surface area contributed by atoms with Gasteiger partial charge in [0, 0.05) is 12.6 Å². The maximum atomic E-state index is 13.3. The molecule has 0 atom stereocenters. The fourth-order valence-electron chi connectivity index (χ4n) is 2.68. The topological polar surface area (TPSA) is 61.9 Å². The minimum atomic E-state index is -4.53. The van der Waals surface area contributed by atoms with Crippen LogP contribution in [0.25, 0.3) is 5.69 Å². The number of hydrogen-bond acceptors (Lipinski definition) is 4. The van der Waals surface area contributed by atoms with Gasteiger partial charge >= 0.3 is 11.9 Å². The van der Waals surface area contributed by atoms with Crippen molar-refractivity contribution in [3.05, 3.63) is 69.1 Å². The maximum Gasteiger partial charge on any atom is 0.419 e. The van der Waals surface area contributed by atoms with Crippen LogP contribution in [0.3, 0.4) is 0 Å². The zero-order valence-corrected chi connectivity index (χ0v) is 14.9. The molecule has 142 valence electrons. The van der Waals surface area contributed by atoms with Gasteiger partial charge in [-0.2, -0.15) is 22.5 Å². The van der Waals surface area contributed by atoms with Crippen LogP contribution in [0, 0.1) is 13.8 Å². The third-order valence-electron chi connectivity index (χ3n) is 4.15. The van der Waals surface area contributed by atoms with E-state index in [1.807, 2.05) is 0 Å². The Balaban J connectivity index is 1.99. The maximum absolute atomic E-state index is 13.3. The van der Waals surface area contributed by atoms with Gasteiger partial charge in [0.05, 0.1) is 11.3 Å². The Morgan fingerprint density at radius 1 is 1.11 bits per heavy atom. The summed E-state index contributed by atoms with van der Waals surface area (Å²) < 4.78 is 47.5. The molecule has 0 N–H and O–H groups in total. The van der Waals surface area contributed by atoms with E-state index in [1.165, 1.54) is 13.1 Å². The number of alkyl halides is 3. The van der Waals surface area contributed by atoms with E-state index in [9.17, 15) is 18.0 Å². The Bertz CT molecular complexity index is 1040. The van der Waals surface area contributed by atoms with Crippen molar-refractivity contribution in [3.8, 4) is 11.4 Å².